The summed E-state index contributed by atoms with van der Waals surface area (Å²) >= 11 is 0. The molecular formula is C11H17N3O. The molecule has 0 aromatic carbocycles. The summed E-state index contributed by atoms with van der Waals surface area (Å²) in [5, 5.41) is 0. The number of hydrogen-bond donors (Lipinski definition) is 1. The molecule has 82 valence electrons. The highest BCUT2D eigenvalue weighted by Gasteiger charge is 1.97. The lowest BCUT2D eigenvalue weighted by atomic mass is 10.2. The van der Waals surface area contributed by atoms with E-state index in [2.05, 4.69) is 15.0 Å². The molecule has 2 aromatic rings. The lowest BCUT2D eigenvalue weighted by molar-refractivity contribution is 1.17. The summed E-state index contributed by atoms with van der Waals surface area (Å²) in [4.78, 5) is 21.5. The fourth-order valence-electron chi connectivity index (χ4n) is 1.09. The number of aromatic amines is 1. The Kier molecular flexibility index (Phi) is 5.23. The molecule has 0 unspecified atom stereocenters. The molecule has 15 heavy (non-hydrogen) atoms. The largest absolute Gasteiger partial charge is 0.319 e. The Morgan fingerprint density at radius 2 is 1.87 bits per heavy atom. The van der Waals surface area contributed by atoms with Crippen LogP contribution in [0.3, 0.4) is 0 Å². The van der Waals surface area contributed by atoms with Crippen LogP contribution in [0, 0.1) is 6.92 Å². The number of aromatic nitrogens is 3. The third-order valence-electron chi connectivity index (χ3n) is 1.68. The normalized spacial score (nSPS) is 8.73. The van der Waals surface area contributed by atoms with Gasteiger partial charge in [-0.25, -0.2) is 4.98 Å². The Hall–Kier alpha value is -1.71. The van der Waals surface area contributed by atoms with Gasteiger partial charge in [0, 0.05) is 6.20 Å². The van der Waals surface area contributed by atoms with E-state index in [1.165, 1.54) is 6.20 Å². The van der Waals surface area contributed by atoms with E-state index in [0.29, 0.717) is 0 Å². The number of nitrogens with zero attached hydrogens (tertiary/aromatic N) is 2. The van der Waals surface area contributed by atoms with Gasteiger partial charge in [-0.3, -0.25) is 9.78 Å². The van der Waals surface area contributed by atoms with Crippen molar-refractivity contribution in [3.05, 3.63) is 34.5 Å². The van der Waals surface area contributed by atoms with Crippen LogP contribution >= 0.6 is 0 Å². The average Bonchev–Trinajstić information content (AvgIpc) is 2.22. The van der Waals surface area contributed by atoms with Crippen molar-refractivity contribution in [1.29, 1.82) is 0 Å². The zero-order valence-electron chi connectivity index (χ0n) is 8.53. The first-order valence-electron chi connectivity index (χ1n) is 4.57. The fraction of sp³-hybridized carbons (Fsp3) is 0.364. The van der Waals surface area contributed by atoms with Gasteiger partial charge in [0.15, 0.2) is 0 Å². The maximum absolute atomic E-state index is 10.9. The predicted octanol–water partition coefficient (Wildman–Crippen LogP) is 2.29. The second kappa shape index (κ2) is 5.90. The second-order valence-corrected chi connectivity index (χ2v) is 2.60. The first-order valence-corrected chi connectivity index (χ1v) is 4.57. The molecule has 0 saturated heterocycles. The van der Waals surface area contributed by atoms with Crippen molar-refractivity contribution >= 4 is 11.0 Å². The van der Waals surface area contributed by atoms with Crippen molar-refractivity contribution in [3.8, 4) is 0 Å². The van der Waals surface area contributed by atoms with Gasteiger partial charge >= 0.3 is 0 Å². The van der Waals surface area contributed by atoms with Crippen LogP contribution in [0.4, 0.5) is 0 Å². The zero-order valence-corrected chi connectivity index (χ0v) is 8.53. The van der Waals surface area contributed by atoms with Gasteiger partial charge in [-0.15, -0.1) is 0 Å². The van der Waals surface area contributed by atoms with Crippen molar-refractivity contribution in [2.24, 2.45) is 0 Å². The first kappa shape index (κ1) is 13.3. The molecule has 4 nitrogen and oxygen atoms in total. The van der Waals surface area contributed by atoms with Crippen molar-refractivity contribution in [3.63, 3.8) is 0 Å². The minimum absolute atomic E-state index is 0. The summed E-state index contributed by atoms with van der Waals surface area (Å²) in [5.41, 5.74) is 2.22. The van der Waals surface area contributed by atoms with E-state index in [4.69, 9.17) is 0 Å². The molecule has 0 bridgehead atoms. The van der Waals surface area contributed by atoms with Crippen molar-refractivity contribution < 1.29 is 0 Å². The highest BCUT2D eigenvalue weighted by atomic mass is 16.1. The monoisotopic (exact) mass is 207 g/mol. The molecule has 0 amide bonds. The van der Waals surface area contributed by atoms with Crippen LogP contribution in [0.5, 0.6) is 0 Å². The summed E-state index contributed by atoms with van der Waals surface area (Å²) in [6.07, 6.45) is 4.57. The van der Waals surface area contributed by atoms with Crippen LogP contribution in [0.1, 0.15) is 26.8 Å². The van der Waals surface area contributed by atoms with Crippen molar-refractivity contribution in [2.75, 3.05) is 0 Å². The topological polar surface area (TPSA) is 58.6 Å². The molecule has 0 atom stereocenters. The molecule has 0 aliphatic rings. The van der Waals surface area contributed by atoms with E-state index >= 15 is 0 Å². The molecule has 0 aliphatic carbocycles. The molecule has 0 radical (unpaired) electrons. The average molecular weight is 207 g/mol. The number of fused-ring (bicyclic) bond motifs is 1. The second-order valence-electron chi connectivity index (χ2n) is 2.60. The number of rotatable bonds is 0. The van der Waals surface area contributed by atoms with Crippen molar-refractivity contribution in [2.45, 2.75) is 28.2 Å². The lowest BCUT2D eigenvalue weighted by Crippen LogP contribution is -2.05. The molecule has 0 spiro atoms. The number of pyridine rings is 1. The van der Waals surface area contributed by atoms with E-state index in [1.54, 1.807) is 12.4 Å². The molecule has 0 saturated carbocycles. The van der Waals surface area contributed by atoms with Gasteiger partial charge in [0.1, 0.15) is 5.52 Å². The number of aryl methyl sites for hydroxylation is 1. The number of nitrogens with one attached hydrogen (secondary N) is 1. The van der Waals surface area contributed by atoms with Gasteiger partial charge in [-0.2, -0.15) is 0 Å². The van der Waals surface area contributed by atoms with E-state index < -0.39 is 0 Å². The van der Waals surface area contributed by atoms with E-state index in [1.807, 2.05) is 20.8 Å². The standard InChI is InChI=1S/C8H7N3O.C2H6.CH4/c1-5-2-9-3-6-8(5)11-7(12)4-10-6;1-2;/h2-4H,1H3,(H,11,12);1-2H3;1H4. The van der Waals surface area contributed by atoms with Gasteiger partial charge in [0.25, 0.3) is 5.56 Å². The zero-order chi connectivity index (χ0) is 10.6. The molecule has 2 heterocycles. The highest BCUT2D eigenvalue weighted by Crippen LogP contribution is 2.07. The molecule has 0 fully saturated rings. The predicted molar refractivity (Wildman–Crippen MR) is 63.0 cm³/mol. The first-order chi connectivity index (χ1) is 6.77. The summed E-state index contributed by atoms with van der Waals surface area (Å²) in [5.74, 6) is 0. The van der Waals surface area contributed by atoms with Crippen LogP contribution in [0.2, 0.25) is 0 Å². The van der Waals surface area contributed by atoms with E-state index in [9.17, 15) is 4.79 Å². The minimum Gasteiger partial charge on any atom is -0.319 e. The quantitative estimate of drug-likeness (QED) is 0.721. The smallest absolute Gasteiger partial charge is 0.266 e. The van der Waals surface area contributed by atoms with Gasteiger partial charge in [-0.05, 0) is 12.5 Å². The molecule has 2 aromatic heterocycles. The van der Waals surface area contributed by atoms with Crippen LogP contribution in [-0.4, -0.2) is 15.0 Å². The Balaban J connectivity index is 0.000000617. The van der Waals surface area contributed by atoms with Gasteiger partial charge in [0.05, 0.1) is 17.9 Å². The van der Waals surface area contributed by atoms with E-state index in [-0.39, 0.29) is 13.0 Å². The number of hydrogen-bond acceptors (Lipinski definition) is 3. The van der Waals surface area contributed by atoms with Crippen LogP contribution in [0.15, 0.2) is 23.4 Å². The summed E-state index contributed by atoms with van der Waals surface area (Å²) < 4.78 is 0. The maximum Gasteiger partial charge on any atom is 0.266 e. The molecular weight excluding hydrogens is 190 g/mol. The summed E-state index contributed by atoms with van der Waals surface area (Å²) in [7, 11) is 0. The van der Waals surface area contributed by atoms with Gasteiger partial charge in [-0.1, -0.05) is 21.3 Å². The Morgan fingerprint density at radius 3 is 2.53 bits per heavy atom. The minimum atomic E-state index is -0.184. The third kappa shape index (κ3) is 2.87. The van der Waals surface area contributed by atoms with Crippen molar-refractivity contribution in [1.82, 2.24) is 15.0 Å². The Morgan fingerprint density at radius 1 is 1.20 bits per heavy atom. The maximum atomic E-state index is 10.9. The van der Waals surface area contributed by atoms with Crippen LogP contribution < -0.4 is 5.56 Å². The SMILES string of the molecule is C.CC.Cc1cncc2ncc(=O)[nH]c12. The molecule has 4 heteroatoms. The van der Waals surface area contributed by atoms with Gasteiger partial charge in [0.2, 0.25) is 0 Å². The van der Waals surface area contributed by atoms with Gasteiger partial charge < -0.3 is 4.98 Å². The number of H-pyrrole nitrogens is 1. The summed E-state index contributed by atoms with van der Waals surface area (Å²) in [6.45, 7) is 5.88. The molecule has 0 aliphatic heterocycles. The Labute approximate surface area is 89.4 Å². The van der Waals surface area contributed by atoms with Crippen LogP contribution in [0.25, 0.3) is 11.0 Å². The summed E-state index contributed by atoms with van der Waals surface area (Å²) in [6, 6.07) is 0. The lowest BCUT2D eigenvalue weighted by Gasteiger charge is -1.97. The Bertz CT molecular complexity index is 476. The highest BCUT2D eigenvalue weighted by molar-refractivity contribution is 5.75. The third-order valence-corrected chi connectivity index (χ3v) is 1.68. The fourth-order valence-corrected chi connectivity index (χ4v) is 1.09. The van der Waals surface area contributed by atoms with Crippen LogP contribution in [-0.2, 0) is 0 Å². The van der Waals surface area contributed by atoms with E-state index in [0.717, 1.165) is 16.6 Å². The molecule has 1 N–H and O–H groups in total. The molecule has 2 rings (SSSR count).